The second-order valence-electron chi connectivity index (χ2n) is 11.6. The number of halogens is 3. The minimum atomic E-state index is -5.05. The lowest BCUT2D eigenvalue weighted by atomic mass is 10.2. The minimum absolute atomic E-state index is 0.000142. The molecule has 2 aromatic rings. The number of hydrogen-bond acceptors (Lipinski definition) is 13. The van der Waals surface area contributed by atoms with Crippen molar-refractivity contribution < 1.29 is 55.8 Å². The highest BCUT2D eigenvalue weighted by molar-refractivity contribution is 7.48. The zero-order valence-corrected chi connectivity index (χ0v) is 27.5. The zero-order chi connectivity index (χ0) is 36.3. The van der Waals surface area contributed by atoms with E-state index in [2.05, 4.69) is 9.97 Å². The van der Waals surface area contributed by atoms with Crippen LogP contribution < -0.4 is 22.5 Å². The fourth-order valence-electron chi connectivity index (χ4n) is 5.16. The molecule has 0 saturated carbocycles. The molecular weight excluding hydrogens is 690 g/mol. The first-order chi connectivity index (χ1) is 22.9. The van der Waals surface area contributed by atoms with E-state index in [0.717, 1.165) is 16.2 Å². The molecular formula is C27H37F3N5O13P. The van der Waals surface area contributed by atoms with Gasteiger partial charge in [-0.3, -0.25) is 47.1 Å². The number of carbonyl (C=O) groups excluding carboxylic acids is 1. The van der Waals surface area contributed by atoms with Crippen molar-refractivity contribution >= 4 is 13.7 Å². The lowest BCUT2D eigenvalue weighted by molar-refractivity contribution is -0.184. The Bertz CT molecular complexity index is 1780. The van der Waals surface area contributed by atoms with Crippen LogP contribution in [0.5, 0.6) is 0 Å². The van der Waals surface area contributed by atoms with Crippen LogP contribution in [0.1, 0.15) is 49.3 Å². The van der Waals surface area contributed by atoms with Gasteiger partial charge in [-0.15, -0.1) is 0 Å². The van der Waals surface area contributed by atoms with Crippen LogP contribution in [0.2, 0.25) is 0 Å². The quantitative estimate of drug-likeness (QED) is 0.148. The van der Waals surface area contributed by atoms with E-state index in [9.17, 15) is 51.9 Å². The molecule has 0 aliphatic carbocycles. The standard InChI is InChI=1S/C27H37F3N5O13P/c1-14-10-34(25(41)31-22(14)38)20-8-16(37)19(47-20)13-45-49(43,44-7-5-4-6-33(3)24(40)27(28,29)30)48-17-9-21(46-18(17)12-36)35-11-15(2)23(39)32-26(35)42/h10-11,16-21,36-37H,4-9,12-13H2,1-3H3,(H,31,38,41)(H,32,39,42)/t16-,17-,18+,19+,20+,21+,49?/m0/s1. The summed E-state index contributed by atoms with van der Waals surface area (Å²) in [7, 11) is -3.71. The molecule has 4 N–H and O–H groups in total. The van der Waals surface area contributed by atoms with Gasteiger partial charge in [-0.05, 0) is 26.7 Å². The number of aromatic nitrogens is 4. The number of nitrogens with one attached hydrogen (secondary N) is 2. The first kappa shape index (κ1) is 38.4. The van der Waals surface area contributed by atoms with Gasteiger partial charge < -0.3 is 24.6 Å². The van der Waals surface area contributed by atoms with E-state index in [4.69, 9.17) is 23.0 Å². The third-order valence-electron chi connectivity index (χ3n) is 7.86. The van der Waals surface area contributed by atoms with Gasteiger partial charge in [0.15, 0.2) is 0 Å². The normalized spacial score (nSPS) is 25.4. The van der Waals surface area contributed by atoms with E-state index in [1.165, 1.54) is 26.2 Å². The molecule has 1 amide bonds. The Labute approximate surface area is 274 Å². The predicted octanol–water partition coefficient (Wildman–Crippen LogP) is -0.0408. The van der Waals surface area contributed by atoms with Gasteiger partial charge in [-0.1, -0.05) is 0 Å². The van der Waals surface area contributed by atoms with Crippen molar-refractivity contribution in [3.8, 4) is 0 Å². The van der Waals surface area contributed by atoms with E-state index in [-0.39, 0.29) is 43.4 Å². The second kappa shape index (κ2) is 15.6. The van der Waals surface area contributed by atoms with Gasteiger partial charge in [0.05, 0.1) is 25.9 Å². The number of ether oxygens (including phenoxy) is 2. The van der Waals surface area contributed by atoms with Crippen molar-refractivity contribution in [2.24, 2.45) is 0 Å². The molecule has 2 aromatic heterocycles. The van der Waals surface area contributed by atoms with Crippen LogP contribution in [-0.2, 0) is 32.4 Å². The second-order valence-corrected chi connectivity index (χ2v) is 13.2. The number of rotatable bonds is 14. The van der Waals surface area contributed by atoms with Crippen LogP contribution in [0.15, 0.2) is 31.6 Å². The van der Waals surface area contributed by atoms with Crippen molar-refractivity contribution in [3.05, 3.63) is 65.2 Å². The van der Waals surface area contributed by atoms with Crippen LogP contribution in [-0.4, -0.2) is 104 Å². The Morgan fingerprint density at radius 3 is 2.08 bits per heavy atom. The number of aromatic amines is 2. The summed E-state index contributed by atoms with van der Waals surface area (Å²) in [6.45, 7) is 0.925. The van der Waals surface area contributed by atoms with Crippen LogP contribution in [0.25, 0.3) is 0 Å². The summed E-state index contributed by atoms with van der Waals surface area (Å²) in [6, 6.07) is 0. The molecule has 0 spiro atoms. The molecule has 1 unspecified atom stereocenters. The number of H-pyrrole nitrogens is 2. The van der Waals surface area contributed by atoms with E-state index >= 15 is 0 Å². The van der Waals surface area contributed by atoms with Crippen molar-refractivity contribution in [1.82, 2.24) is 24.0 Å². The van der Waals surface area contributed by atoms with Crippen molar-refractivity contribution in [3.63, 3.8) is 0 Å². The summed E-state index contributed by atoms with van der Waals surface area (Å²) < 4.78 is 82.3. The maximum atomic E-state index is 14.0. The summed E-state index contributed by atoms with van der Waals surface area (Å²) in [6.07, 6.45) is -9.82. The number of phosphoric ester groups is 1. The number of unbranched alkanes of at least 4 members (excludes halogenated alkanes) is 1. The van der Waals surface area contributed by atoms with Gasteiger partial charge >= 0.3 is 31.3 Å². The number of hydrogen-bond donors (Lipinski definition) is 4. The number of phosphoric acid groups is 1. The number of aliphatic hydroxyl groups excluding tert-OH is 2. The minimum Gasteiger partial charge on any atom is -0.394 e. The number of alkyl halides is 3. The fraction of sp³-hybridized carbons (Fsp3) is 0.667. The number of aryl methyl sites for hydroxylation is 2. The Morgan fingerprint density at radius 1 is 0.980 bits per heavy atom. The molecule has 2 saturated heterocycles. The molecule has 2 aliphatic rings. The van der Waals surface area contributed by atoms with E-state index in [0.29, 0.717) is 4.90 Å². The first-order valence-corrected chi connectivity index (χ1v) is 16.5. The SMILES string of the molecule is Cc1cn([C@H]2C[C@H](OP(=O)(OCCCCN(C)C(=O)C(F)(F)F)OC[C@H]3O[C@@H](n4cc(C)c(=O)[nH]c4=O)C[C@@H]3O)[C@@H](CO)O2)c(=O)[nH]c1=O. The predicted molar refractivity (Wildman–Crippen MR) is 160 cm³/mol. The lowest BCUT2D eigenvalue weighted by Gasteiger charge is -2.25. The molecule has 0 bridgehead atoms. The van der Waals surface area contributed by atoms with Crippen LogP contribution >= 0.6 is 7.82 Å². The van der Waals surface area contributed by atoms with E-state index < -0.39 is 99.1 Å². The first-order valence-electron chi connectivity index (χ1n) is 15.1. The van der Waals surface area contributed by atoms with Crippen molar-refractivity contribution in [2.75, 3.05) is 33.4 Å². The highest BCUT2D eigenvalue weighted by atomic mass is 31.2. The Kier molecular flexibility index (Phi) is 12.2. The molecule has 274 valence electrons. The smallest absolute Gasteiger partial charge is 0.394 e. The fourth-order valence-corrected chi connectivity index (χ4v) is 6.59. The monoisotopic (exact) mass is 727 g/mol. The van der Waals surface area contributed by atoms with Crippen LogP contribution in [0.3, 0.4) is 0 Å². The van der Waals surface area contributed by atoms with E-state index in [1.807, 2.05) is 0 Å². The molecule has 22 heteroatoms. The van der Waals surface area contributed by atoms with Crippen LogP contribution in [0.4, 0.5) is 13.2 Å². The highest BCUT2D eigenvalue weighted by Gasteiger charge is 2.45. The summed E-state index contributed by atoms with van der Waals surface area (Å²) in [5.74, 6) is -2.04. The molecule has 2 fully saturated rings. The maximum absolute atomic E-state index is 14.0. The van der Waals surface area contributed by atoms with Gasteiger partial charge in [-0.2, -0.15) is 13.2 Å². The Hall–Kier alpha value is -3.43. The van der Waals surface area contributed by atoms with Gasteiger partial charge in [0.1, 0.15) is 30.8 Å². The van der Waals surface area contributed by atoms with Gasteiger partial charge in [-0.25, -0.2) is 14.2 Å². The number of nitrogens with zero attached hydrogens (tertiary/aromatic N) is 3. The van der Waals surface area contributed by atoms with Crippen molar-refractivity contribution in [1.29, 1.82) is 0 Å². The molecule has 2 aliphatic heterocycles. The Balaban J connectivity index is 1.47. The Morgan fingerprint density at radius 2 is 1.53 bits per heavy atom. The van der Waals surface area contributed by atoms with Gasteiger partial charge in [0, 0.05) is 50.0 Å². The van der Waals surface area contributed by atoms with Crippen LogP contribution in [0, 0.1) is 13.8 Å². The largest absolute Gasteiger partial charge is 0.475 e. The molecule has 4 heterocycles. The highest BCUT2D eigenvalue weighted by Crippen LogP contribution is 2.53. The molecule has 0 aromatic carbocycles. The number of carbonyl (C=O) groups is 1. The third-order valence-corrected chi connectivity index (χ3v) is 9.36. The molecule has 7 atom stereocenters. The number of aliphatic hydroxyl groups is 2. The zero-order valence-electron chi connectivity index (χ0n) is 26.6. The summed E-state index contributed by atoms with van der Waals surface area (Å²) in [4.78, 5) is 64.4. The molecule has 49 heavy (non-hydrogen) atoms. The maximum Gasteiger partial charge on any atom is 0.475 e. The van der Waals surface area contributed by atoms with Gasteiger partial charge in [0.25, 0.3) is 11.1 Å². The summed E-state index contributed by atoms with van der Waals surface area (Å²) in [5, 5.41) is 20.6. The lowest BCUT2D eigenvalue weighted by Crippen LogP contribution is -2.38. The average molecular weight is 728 g/mol. The topological polar surface area (TPSA) is 234 Å². The number of amides is 1. The summed E-state index contributed by atoms with van der Waals surface area (Å²) >= 11 is 0. The molecule has 4 rings (SSSR count). The summed E-state index contributed by atoms with van der Waals surface area (Å²) in [5.41, 5.74) is -2.45. The van der Waals surface area contributed by atoms with E-state index in [1.54, 1.807) is 0 Å². The third kappa shape index (κ3) is 9.43. The molecule has 18 nitrogen and oxygen atoms in total. The average Bonchev–Trinajstić information content (AvgIpc) is 3.60. The van der Waals surface area contributed by atoms with Crippen molar-refractivity contribution in [2.45, 2.75) is 82.6 Å². The van der Waals surface area contributed by atoms with Gasteiger partial charge in [0.2, 0.25) is 0 Å². The molecule has 0 radical (unpaired) electrons.